The van der Waals surface area contributed by atoms with Crippen LogP contribution in [0.1, 0.15) is 25.0 Å². The van der Waals surface area contributed by atoms with E-state index < -0.39 is 11.6 Å². The lowest BCUT2D eigenvalue weighted by Gasteiger charge is -2.21. The van der Waals surface area contributed by atoms with Crippen molar-refractivity contribution in [2.24, 2.45) is 4.99 Å². The van der Waals surface area contributed by atoms with E-state index >= 15 is 0 Å². The molecule has 170 valence electrons. The van der Waals surface area contributed by atoms with Crippen LogP contribution in [0.25, 0.3) is 0 Å². The summed E-state index contributed by atoms with van der Waals surface area (Å²) in [7, 11) is 1.73. The number of para-hydroxylation sites is 1. The van der Waals surface area contributed by atoms with Gasteiger partial charge in [-0.3, -0.25) is 4.99 Å². The fourth-order valence-corrected chi connectivity index (χ4v) is 4.95. The maximum Gasteiger partial charge on any atom is 0.191 e. The van der Waals surface area contributed by atoms with Gasteiger partial charge in [-0.2, -0.15) is 0 Å². The fraction of sp³-hybridized carbons (Fsp3) is 0.524. The molecule has 0 saturated carbocycles. The predicted molar refractivity (Wildman–Crippen MR) is 134 cm³/mol. The SMILES string of the molecule is CN=C(NCCc1csc(N2CCCC2)n1)NC1CCN(c2c(F)cccc2F)C1.I. The molecule has 6 nitrogen and oxygen atoms in total. The number of guanidine groups is 1. The van der Waals surface area contributed by atoms with Gasteiger partial charge in [0.05, 0.1) is 5.69 Å². The highest BCUT2D eigenvalue weighted by Crippen LogP contribution is 2.27. The average Bonchev–Trinajstić information content (AvgIpc) is 3.49. The van der Waals surface area contributed by atoms with Crippen molar-refractivity contribution in [2.45, 2.75) is 31.7 Å². The first-order chi connectivity index (χ1) is 14.6. The van der Waals surface area contributed by atoms with E-state index in [0.717, 1.165) is 43.3 Å². The van der Waals surface area contributed by atoms with Gasteiger partial charge in [-0.15, -0.1) is 35.3 Å². The quantitative estimate of drug-likeness (QED) is 0.320. The van der Waals surface area contributed by atoms with Crippen molar-refractivity contribution < 1.29 is 8.78 Å². The van der Waals surface area contributed by atoms with Crippen LogP contribution < -0.4 is 20.4 Å². The van der Waals surface area contributed by atoms with Gasteiger partial charge in [0.2, 0.25) is 0 Å². The van der Waals surface area contributed by atoms with Crippen molar-refractivity contribution in [2.75, 3.05) is 49.6 Å². The van der Waals surface area contributed by atoms with Crippen LogP contribution in [0.3, 0.4) is 0 Å². The fourth-order valence-electron chi connectivity index (χ4n) is 4.03. The molecular formula is C21H29F2IN6S. The van der Waals surface area contributed by atoms with E-state index in [-0.39, 0.29) is 35.7 Å². The largest absolute Gasteiger partial charge is 0.365 e. The van der Waals surface area contributed by atoms with E-state index in [1.54, 1.807) is 23.3 Å². The maximum absolute atomic E-state index is 14.0. The van der Waals surface area contributed by atoms with Crippen LogP contribution in [0.5, 0.6) is 0 Å². The molecule has 1 aromatic heterocycles. The number of hydrogen-bond acceptors (Lipinski definition) is 5. The summed E-state index contributed by atoms with van der Waals surface area (Å²) in [5, 5.41) is 9.94. The average molecular weight is 562 g/mol. The zero-order chi connectivity index (χ0) is 20.9. The number of aromatic nitrogens is 1. The van der Waals surface area contributed by atoms with Crippen LogP contribution in [-0.4, -0.2) is 56.8 Å². The number of thiazole rings is 1. The minimum atomic E-state index is -0.519. The molecule has 0 aliphatic carbocycles. The van der Waals surface area contributed by atoms with E-state index in [2.05, 4.69) is 25.9 Å². The highest BCUT2D eigenvalue weighted by Gasteiger charge is 2.27. The smallest absolute Gasteiger partial charge is 0.191 e. The summed E-state index contributed by atoms with van der Waals surface area (Å²) in [6.45, 7) is 4.07. The predicted octanol–water partition coefficient (Wildman–Crippen LogP) is 3.63. The molecular weight excluding hydrogens is 533 g/mol. The topological polar surface area (TPSA) is 55.8 Å². The normalized spacial score (nSPS) is 18.9. The van der Waals surface area contributed by atoms with Gasteiger partial charge in [0.1, 0.15) is 17.3 Å². The van der Waals surface area contributed by atoms with Crippen LogP contribution in [0, 0.1) is 11.6 Å². The Hall–Kier alpha value is -1.69. The summed E-state index contributed by atoms with van der Waals surface area (Å²) < 4.78 is 28.1. The molecule has 2 aromatic rings. The first-order valence-corrected chi connectivity index (χ1v) is 11.4. The summed E-state index contributed by atoms with van der Waals surface area (Å²) in [5.74, 6) is -0.338. The lowest BCUT2D eigenvalue weighted by molar-refractivity contribution is 0.576. The number of hydrogen-bond donors (Lipinski definition) is 2. The number of nitrogens with one attached hydrogen (secondary N) is 2. The van der Waals surface area contributed by atoms with Gasteiger partial charge < -0.3 is 20.4 Å². The molecule has 2 aliphatic rings. The molecule has 1 atom stereocenters. The summed E-state index contributed by atoms with van der Waals surface area (Å²) in [6.07, 6.45) is 4.11. The lowest BCUT2D eigenvalue weighted by atomic mass is 10.2. The van der Waals surface area contributed by atoms with Crippen molar-refractivity contribution in [1.82, 2.24) is 15.6 Å². The minimum Gasteiger partial charge on any atom is -0.365 e. The Balaban J connectivity index is 0.00000272. The zero-order valence-corrected chi connectivity index (χ0v) is 20.8. The molecule has 31 heavy (non-hydrogen) atoms. The minimum absolute atomic E-state index is 0. The van der Waals surface area contributed by atoms with E-state index in [1.807, 2.05) is 0 Å². The van der Waals surface area contributed by atoms with Crippen molar-refractivity contribution in [3.63, 3.8) is 0 Å². The molecule has 0 amide bonds. The Morgan fingerprint density at radius 1 is 1.19 bits per heavy atom. The number of halogens is 3. The first kappa shape index (κ1) is 24.0. The molecule has 2 fully saturated rings. The van der Waals surface area contributed by atoms with Crippen molar-refractivity contribution >= 4 is 52.1 Å². The van der Waals surface area contributed by atoms with E-state index in [1.165, 1.54) is 31.0 Å². The molecule has 1 aromatic carbocycles. The van der Waals surface area contributed by atoms with Gasteiger partial charge in [0.15, 0.2) is 11.1 Å². The number of benzene rings is 1. The number of nitrogens with zero attached hydrogens (tertiary/aromatic N) is 4. The standard InChI is InChI=1S/C21H28F2N6S.HI/c1-24-20(25-9-7-16-14-30-21(27-16)28-10-2-3-11-28)26-15-8-12-29(13-15)19-17(22)5-4-6-18(19)23;/h4-6,14-15H,2-3,7-13H2,1H3,(H2,24,25,26);1H. The molecule has 2 aliphatic heterocycles. The first-order valence-electron chi connectivity index (χ1n) is 10.5. The molecule has 4 rings (SSSR count). The number of aliphatic imine (C=N–C) groups is 1. The van der Waals surface area contributed by atoms with Gasteiger partial charge in [-0.1, -0.05) is 6.07 Å². The summed E-state index contributed by atoms with van der Waals surface area (Å²) in [6, 6.07) is 4.07. The number of anilines is 2. The highest BCUT2D eigenvalue weighted by molar-refractivity contribution is 14.0. The molecule has 10 heteroatoms. The molecule has 0 bridgehead atoms. The molecule has 2 saturated heterocycles. The van der Waals surface area contributed by atoms with Gasteiger partial charge in [-0.25, -0.2) is 13.8 Å². The summed E-state index contributed by atoms with van der Waals surface area (Å²) >= 11 is 1.71. The Bertz CT molecular complexity index is 866. The third kappa shape index (κ3) is 5.97. The van der Waals surface area contributed by atoms with Gasteiger partial charge in [0, 0.05) is 57.6 Å². The number of rotatable bonds is 6. The Morgan fingerprint density at radius 2 is 1.94 bits per heavy atom. The summed E-state index contributed by atoms with van der Waals surface area (Å²) in [4.78, 5) is 13.1. The van der Waals surface area contributed by atoms with Gasteiger partial charge >= 0.3 is 0 Å². The van der Waals surface area contributed by atoms with E-state index in [9.17, 15) is 8.78 Å². The second-order valence-corrected chi connectivity index (χ2v) is 8.55. The van der Waals surface area contributed by atoms with Crippen molar-refractivity contribution in [1.29, 1.82) is 0 Å². The Labute approximate surface area is 203 Å². The molecule has 3 heterocycles. The Kier molecular flexibility index (Phi) is 8.70. The van der Waals surface area contributed by atoms with Crippen LogP contribution in [0.15, 0.2) is 28.6 Å². The van der Waals surface area contributed by atoms with Crippen LogP contribution >= 0.6 is 35.3 Å². The van der Waals surface area contributed by atoms with Crippen molar-refractivity contribution in [3.8, 4) is 0 Å². The van der Waals surface area contributed by atoms with E-state index in [4.69, 9.17) is 4.98 Å². The third-order valence-corrected chi connectivity index (χ3v) is 6.55. The van der Waals surface area contributed by atoms with Crippen LogP contribution in [0.2, 0.25) is 0 Å². The van der Waals surface area contributed by atoms with Crippen LogP contribution in [-0.2, 0) is 6.42 Å². The summed E-state index contributed by atoms with van der Waals surface area (Å²) in [5.41, 5.74) is 1.15. The van der Waals surface area contributed by atoms with Gasteiger partial charge in [0.25, 0.3) is 0 Å². The molecule has 1 unspecified atom stereocenters. The monoisotopic (exact) mass is 562 g/mol. The highest BCUT2D eigenvalue weighted by atomic mass is 127. The molecule has 0 radical (unpaired) electrons. The second-order valence-electron chi connectivity index (χ2n) is 7.71. The Morgan fingerprint density at radius 3 is 2.65 bits per heavy atom. The molecule has 2 N–H and O–H groups in total. The second kappa shape index (κ2) is 11.3. The molecule has 0 spiro atoms. The van der Waals surface area contributed by atoms with Gasteiger partial charge in [-0.05, 0) is 31.4 Å². The maximum atomic E-state index is 14.0. The lowest BCUT2D eigenvalue weighted by Crippen LogP contribution is -2.45. The zero-order valence-electron chi connectivity index (χ0n) is 17.6. The van der Waals surface area contributed by atoms with Crippen LogP contribution in [0.4, 0.5) is 19.6 Å². The van der Waals surface area contributed by atoms with Crippen molar-refractivity contribution in [3.05, 3.63) is 40.9 Å². The third-order valence-electron chi connectivity index (χ3n) is 5.60. The van der Waals surface area contributed by atoms with E-state index in [0.29, 0.717) is 19.0 Å².